The SMILES string of the molecule is CCCN(CC(=O)N1CCc2sccc2[C@@H]1COc1cccc(F)c1)C(=O)Nc1ccc(C)cc1. The van der Waals surface area contributed by atoms with Crippen LogP contribution >= 0.6 is 11.3 Å². The predicted molar refractivity (Wildman–Crippen MR) is 136 cm³/mol. The van der Waals surface area contributed by atoms with E-state index in [0.717, 1.165) is 24.0 Å². The summed E-state index contributed by atoms with van der Waals surface area (Å²) >= 11 is 1.67. The molecular formula is C27H30FN3O3S. The zero-order valence-electron chi connectivity index (χ0n) is 20.0. The van der Waals surface area contributed by atoms with Gasteiger partial charge in [0.05, 0.1) is 6.04 Å². The highest BCUT2D eigenvalue weighted by Gasteiger charge is 2.33. The van der Waals surface area contributed by atoms with E-state index in [1.807, 2.05) is 49.6 Å². The lowest BCUT2D eigenvalue weighted by atomic mass is 10.0. The zero-order valence-corrected chi connectivity index (χ0v) is 20.8. The number of urea groups is 1. The maximum atomic E-state index is 13.6. The summed E-state index contributed by atoms with van der Waals surface area (Å²) in [7, 11) is 0. The third kappa shape index (κ3) is 6.19. The van der Waals surface area contributed by atoms with E-state index in [9.17, 15) is 14.0 Å². The molecule has 0 bridgehead atoms. The summed E-state index contributed by atoms with van der Waals surface area (Å²) in [5.41, 5.74) is 2.85. The largest absolute Gasteiger partial charge is 0.491 e. The second-order valence-corrected chi connectivity index (χ2v) is 9.64. The molecule has 3 amide bonds. The fraction of sp³-hybridized carbons (Fsp3) is 0.333. The normalized spacial score (nSPS) is 14.8. The van der Waals surface area contributed by atoms with E-state index in [2.05, 4.69) is 5.32 Å². The fourth-order valence-electron chi connectivity index (χ4n) is 4.22. The number of anilines is 1. The third-order valence-corrected chi connectivity index (χ3v) is 7.03. The summed E-state index contributed by atoms with van der Waals surface area (Å²) in [4.78, 5) is 31.0. The molecule has 4 rings (SSSR count). The number of carbonyl (C=O) groups excluding carboxylic acids is 2. The lowest BCUT2D eigenvalue weighted by Gasteiger charge is -2.37. The predicted octanol–water partition coefficient (Wildman–Crippen LogP) is 5.64. The molecule has 0 spiro atoms. The Morgan fingerprint density at radius 3 is 2.74 bits per heavy atom. The highest BCUT2D eigenvalue weighted by Crippen LogP contribution is 2.34. The van der Waals surface area contributed by atoms with Crippen LogP contribution in [0.2, 0.25) is 0 Å². The Balaban J connectivity index is 1.47. The van der Waals surface area contributed by atoms with Gasteiger partial charge in [-0.05, 0) is 61.0 Å². The second kappa shape index (κ2) is 11.4. The van der Waals surface area contributed by atoms with Crippen LogP contribution in [0.1, 0.15) is 35.4 Å². The molecule has 1 aromatic heterocycles. The van der Waals surface area contributed by atoms with Crippen molar-refractivity contribution in [3.63, 3.8) is 0 Å². The molecule has 1 N–H and O–H groups in total. The molecule has 184 valence electrons. The molecule has 0 radical (unpaired) electrons. The summed E-state index contributed by atoms with van der Waals surface area (Å²) in [6.07, 6.45) is 1.49. The van der Waals surface area contributed by atoms with Crippen molar-refractivity contribution < 1.29 is 18.7 Å². The minimum absolute atomic E-state index is 0.0263. The summed E-state index contributed by atoms with van der Waals surface area (Å²) < 4.78 is 19.5. The first-order valence-corrected chi connectivity index (χ1v) is 12.7. The van der Waals surface area contributed by atoms with E-state index >= 15 is 0 Å². The number of aryl methyl sites for hydroxylation is 1. The summed E-state index contributed by atoms with van der Waals surface area (Å²) in [5, 5.41) is 4.91. The van der Waals surface area contributed by atoms with Crippen LogP contribution in [-0.2, 0) is 11.2 Å². The van der Waals surface area contributed by atoms with Crippen molar-refractivity contribution in [1.82, 2.24) is 9.80 Å². The molecule has 0 saturated carbocycles. The highest BCUT2D eigenvalue weighted by atomic mass is 32.1. The van der Waals surface area contributed by atoms with E-state index in [0.29, 0.717) is 24.5 Å². The first-order chi connectivity index (χ1) is 16.9. The van der Waals surface area contributed by atoms with Crippen LogP contribution in [0.25, 0.3) is 0 Å². The standard InChI is InChI=1S/C27H30FN3O3S/c1-3-13-30(27(33)29-21-9-7-19(2)8-10-21)17-26(32)31-14-11-25-23(12-15-35-25)24(31)18-34-22-6-4-5-20(28)16-22/h4-10,12,15-16,24H,3,11,13-14,17-18H2,1-2H3,(H,29,33)/t24-/m0/s1. The monoisotopic (exact) mass is 495 g/mol. The van der Waals surface area contributed by atoms with Gasteiger partial charge in [-0.3, -0.25) is 4.79 Å². The average molecular weight is 496 g/mol. The van der Waals surface area contributed by atoms with Crippen LogP contribution in [0.5, 0.6) is 5.75 Å². The van der Waals surface area contributed by atoms with Gasteiger partial charge in [0.2, 0.25) is 5.91 Å². The van der Waals surface area contributed by atoms with Gasteiger partial charge in [-0.15, -0.1) is 11.3 Å². The maximum absolute atomic E-state index is 13.6. The molecule has 0 aliphatic carbocycles. The molecule has 3 aromatic rings. The molecule has 6 nitrogen and oxygen atoms in total. The Morgan fingerprint density at radius 1 is 1.20 bits per heavy atom. The topological polar surface area (TPSA) is 61.9 Å². The first kappa shape index (κ1) is 24.7. The number of halogens is 1. The Kier molecular flexibility index (Phi) is 8.02. The smallest absolute Gasteiger partial charge is 0.322 e. The van der Waals surface area contributed by atoms with Gasteiger partial charge in [-0.1, -0.05) is 30.7 Å². The number of fused-ring (bicyclic) bond motifs is 1. The number of nitrogens with one attached hydrogen (secondary N) is 1. The van der Waals surface area contributed by atoms with Gasteiger partial charge in [0.25, 0.3) is 0 Å². The number of amides is 3. The van der Waals surface area contributed by atoms with Crippen LogP contribution < -0.4 is 10.1 Å². The molecular weight excluding hydrogens is 465 g/mol. The van der Waals surface area contributed by atoms with Crippen molar-refractivity contribution in [3.05, 3.63) is 81.8 Å². The second-order valence-electron chi connectivity index (χ2n) is 8.64. The lowest BCUT2D eigenvalue weighted by molar-refractivity contribution is -0.135. The number of benzene rings is 2. The Labute approximate surface area is 209 Å². The average Bonchev–Trinajstić information content (AvgIpc) is 3.33. The number of hydrogen-bond acceptors (Lipinski definition) is 4. The number of rotatable bonds is 8. The molecule has 2 aromatic carbocycles. The molecule has 0 saturated heterocycles. The van der Waals surface area contributed by atoms with E-state index in [1.54, 1.807) is 33.3 Å². The summed E-state index contributed by atoms with van der Waals surface area (Å²) in [6.45, 7) is 5.16. The lowest BCUT2D eigenvalue weighted by Crippen LogP contribution is -2.48. The van der Waals surface area contributed by atoms with Crippen molar-refractivity contribution in [2.75, 3.05) is 31.6 Å². The number of hydrogen-bond donors (Lipinski definition) is 1. The van der Waals surface area contributed by atoms with Crippen molar-refractivity contribution in [3.8, 4) is 5.75 Å². The van der Waals surface area contributed by atoms with Crippen molar-refractivity contribution >= 4 is 29.0 Å². The van der Waals surface area contributed by atoms with Crippen LogP contribution in [0, 0.1) is 12.7 Å². The van der Waals surface area contributed by atoms with Gasteiger partial charge in [0.15, 0.2) is 0 Å². The van der Waals surface area contributed by atoms with Gasteiger partial charge >= 0.3 is 6.03 Å². The fourth-order valence-corrected chi connectivity index (χ4v) is 5.15. The third-order valence-electron chi connectivity index (χ3n) is 6.03. The van der Waals surface area contributed by atoms with Crippen LogP contribution in [0.15, 0.2) is 60.0 Å². The minimum atomic E-state index is -0.370. The maximum Gasteiger partial charge on any atom is 0.322 e. The van der Waals surface area contributed by atoms with Gasteiger partial charge < -0.3 is 19.9 Å². The number of ether oxygens (including phenoxy) is 1. The molecule has 35 heavy (non-hydrogen) atoms. The first-order valence-electron chi connectivity index (χ1n) is 11.8. The molecule has 0 fully saturated rings. The Morgan fingerprint density at radius 2 is 2.00 bits per heavy atom. The molecule has 1 atom stereocenters. The van der Waals surface area contributed by atoms with E-state index in [4.69, 9.17) is 4.74 Å². The van der Waals surface area contributed by atoms with Gasteiger partial charge in [-0.2, -0.15) is 0 Å². The Hall–Kier alpha value is -3.39. The number of thiophene rings is 1. The van der Waals surface area contributed by atoms with E-state index in [-0.39, 0.29) is 36.9 Å². The molecule has 1 aliphatic heterocycles. The highest BCUT2D eigenvalue weighted by molar-refractivity contribution is 7.10. The summed E-state index contributed by atoms with van der Waals surface area (Å²) in [6, 6.07) is 15.0. The molecule has 8 heteroatoms. The summed E-state index contributed by atoms with van der Waals surface area (Å²) in [5.74, 6) is -0.0860. The van der Waals surface area contributed by atoms with Crippen molar-refractivity contribution in [2.45, 2.75) is 32.7 Å². The van der Waals surface area contributed by atoms with E-state index < -0.39 is 0 Å². The van der Waals surface area contributed by atoms with Crippen LogP contribution in [-0.4, -0.2) is 48.0 Å². The van der Waals surface area contributed by atoms with Crippen LogP contribution in [0.4, 0.5) is 14.9 Å². The van der Waals surface area contributed by atoms with E-state index in [1.165, 1.54) is 17.0 Å². The van der Waals surface area contributed by atoms with Crippen molar-refractivity contribution in [2.24, 2.45) is 0 Å². The molecule has 0 unspecified atom stereocenters. The van der Waals surface area contributed by atoms with Gasteiger partial charge in [0.1, 0.15) is 24.7 Å². The van der Waals surface area contributed by atoms with Gasteiger partial charge in [0, 0.05) is 29.7 Å². The number of carbonyl (C=O) groups is 2. The quantitative estimate of drug-likeness (QED) is 0.440. The molecule has 2 heterocycles. The minimum Gasteiger partial charge on any atom is -0.491 e. The zero-order chi connectivity index (χ0) is 24.8. The number of nitrogens with zero attached hydrogens (tertiary/aromatic N) is 2. The van der Waals surface area contributed by atoms with Crippen LogP contribution in [0.3, 0.4) is 0 Å². The van der Waals surface area contributed by atoms with Gasteiger partial charge in [-0.25, -0.2) is 9.18 Å². The molecule has 1 aliphatic rings. The Bertz CT molecular complexity index is 1160. The van der Waals surface area contributed by atoms with Crippen molar-refractivity contribution in [1.29, 1.82) is 0 Å².